The van der Waals surface area contributed by atoms with E-state index in [9.17, 15) is 18.0 Å². The van der Waals surface area contributed by atoms with Crippen LogP contribution in [0.3, 0.4) is 0 Å². The lowest BCUT2D eigenvalue weighted by Crippen LogP contribution is -2.47. The maximum Gasteiger partial charge on any atom is 0.405 e. The van der Waals surface area contributed by atoms with E-state index >= 15 is 0 Å². The summed E-state index contributed by atoms with van der Waals surface area (Å²) in [4.78, 5) is 11.9. The third kappa shape index (κ3) is 2.74. The molecule has 94 valence electrons. The average molecular weight is 238 g/mol. The van der Waals surface area contributed by atoms with Gasteiger partial charge in [-0.2, -0.15) is 13.2 Å². The molecule has 0 aliphatic carbocycles. The molecule has 1 fully saturated rings. The number of hydrazine groups is 1. The minimum Gasteiger partial charge on any atom is -0.299 e. The minimum atomic E-state index is -4.39. The summed E-state index contributed by atoms with van der Waals surface area (Å²) in [6.45, 7) is 5.02. The van der Waals surface area contributed by atoms with Gasteiger partial charge in [-0.25, -0.2) is 10.4 Å². The summed E-state index contributed by atoms with van der Waals surface area (Å²) in [6, 6.07) is -1.76. The molecule has 1 N–H and O–H groups in total. The fourth-order valence-electron chi connectivity index (χ4n) is 1.87. The van der Waals surface area contributed by atoms with Crippen molar-refractivity contribution in [3.05, 3.63) is 0 Å². The number of carbonyl (C=O) groups is 1. The van der Waals surface area contributed by atoms with Crippen molar-refractivity contribution in [3.63, 3.8) is 0 Å². The lowest BCUT2D eigenvalue weighted by atomic mass is 9.80. The van der Waals surface area contributed by atoms with Crippen LogP contribution < -0.4 is 5.43 Å². The number of carbonyl (C=O) groups excluding carboxylic acids is 1. The molecule has 1 heterocycles. The van der Waals surface area contributed by atoms with E-state index in [1.165, 1.54) is 12.1 Å². The number of hydrogen-bond acceptors (Lipinski definition) is 3. The van der Waals surface area contributed by atoms with E-state index in [-0.39, 0.29) is 12.3 Å². The van der Waals surface area contributed by atoms with Crippen LogP contribution in [0.4, 0.5) is 13.2 Å². The molecule has 1 aliphatic heterocycles. The molecule has 0 saturated carbocycles. The van der Waals surface area contributed by atoms with E-state index in [4.69, 9.17) is 0 Å². The van der Waals surface area contributed by atoms with Crippen LogP contribution in [0.2, 0.25) is 0 Å². The molecule has 0 amide bonds. The number of nitrogens with one attached hydrogen (secondary N) is 1. The highest BCUT2D eigenvalue weighted by Crippen LogP contribution is 2.34. The van der Waals surface area contributed by atoms with Gasteiger partial charge in [0, 0.05) is 19.0 Å². The molecule has 1 rings (SSSR count). The first kappa shape index (κ1) is 13.4. The quantitative estimate of drug-likeness (QED) is 0.753. The normalized spacial score (nSPS) is 28.4. The Morgan fingerprint density at radius 3 is 2.19 bits per heavy atom. The summed E-state index contributed by atoms with van der Waals surface area (Å²) >= 11 is 0. The fraction of sp³-hybridized carbons (Fsp3) is 0.900. The monoisotopic (exact) mass is 238 g/mol. The molecule has 0 bridgehead atoms. The van der Waals surface area contributed by atoms with Crippen molar-refractivity contribution in [2.45, 2.75) is 33.0 Å². The molecule has 16 heavy (non-hydrogen) atoms. The second kappa shape index (κ2) is 4.00. The minimum absolute atomic E-state index is 0.0975. The molecule has 2 unspecified atom stereocenters. The van der Waals surface area contributed by atoms with Gasteiger partial charge in [0.25, 0.3) is 0 Å². The third-order valence-electron chi connectivity index (χ3n) is 2.66. The van der Waals surface area contributed by atoms with E-state index in [1.54, 1.807) is 20.8 Å². The highest BCUT2D eigenvalue weighted by atomic mass is 19.4. The number of halogens is 3. The van der Waals surface area contributed by atoms with Crippen LogP contribution in [-0.2, 0) is 4.79 Å². The van der Waals surface area contributed by atoms with Gasteiger partial charge < -0.3 is 0 Å². The van der Waals surface area contributed by atoms with Crippen molar-refractivity contribution < 1.29 is 18.0 Å². The number of alkyl halides is 3. The summed E-state index contributed by atoms with van der Waals surface area (Å²) in [7, 11) is 1.51. The van der Waals surface area contributed by atoms with Gasteiger partial charge in [-0.1, -0.05) is 20.8 Å². The van der Waals surface area contributed by atoms with Gasteiger partial charge in [-0.3, -0.25) is 4.79 Å². The average Bonchev–Trinajstić information content (AvgIpc) is 2.43. The lowest BCUT2D eigenvalue weighted by molar-refractivity contribution is -0.170. The third-order valence-corrected chi connectivity index (χ3v) is 2.66. The van der Waals surface area contributed by atoms with Gasteiger partial charge >= 0.3 is 6.18 Å². The molecule has 1 saturated heterocycles. The van der Waals surface area contributed by atoms with Gasteiger partial charge in [0.1, 0.15) is 11.8 Å². The Labute approximate surface area is 93.0 Å². The summed E-state index contributed by atoms with van der Waals surface area (Å²) in [5.74, 6) is -1.38. The summed E-state index contributed by atoms with van der Waals surface area (Å²) in [5, 5.41) is 1.33. The molecule has 2 atom stereocenters. The molecule has 0 aromatic heterocycles. The number of hydrogen-bond donors (Lipinski definition) is 1. The van der Waals surface area contributed by atoms with Crippen LogP contribution in [0, 0.1) is 11.3 Å². The van der Waals surface area contributed by atoms with Crippen LogP contribution >= 0.6 is 0 Å². The van der Waals surface area contributed by atoms with Crippen LogP contribution in [0.1, 0.15) is 20.8 Å². The van der Waals surface area contributed by atoms with Crippen molar-refractivity contribution in [3.8, 4) is 0 Å². The van der Waals surface area contributed by atoms with Gasteiger partial charge in [0.2, 0.25) is 0 Å². The van der Waals surface area contributed by atoms with Gasteiger partial charge in [-0.05, 0) is 0 Å². The largest absolute Gasteiger partial charge is 0.405 e. The predicted molar refractivity (Wildman–Crippen MR) is 53.6 cm³/mol. The van der Waals surface area contributed by atoms with E-state index < -0.39 is 23.6 Å². The van der Waals surface area contributed by atoms with Crippen molar-refractivity contribution in [1.82, 2.24) is 10.4 Å². The Kier molecular flexibility index (Phi) is 3.36. The van der Waals surface area contributed by atoms with E-state index in [1.807, 2.05) is 0 Å². The topological polar surface area (TPSA) is 32.3 Å². The Morgan fingerprint density at radius 2 is 1.81 bits per heavy atom. The smallest absolute Gasteiger partial charge is 0.299 e. The summed E-state index contributed by atoms with van der Waals surface area (Å²) in [5.41, 5.74) is 1.54. The van der Waals surface area contributed by atoms with Crippen molar-refractivity contribution >= 4 is 5.78 Å². The lowest BCUT2D eigenvalue weighted by Gasteiger charge is -2.26. The van der Waals surface area contributed by atoms with Crippen molar-refractivity contribution in [2.75, 3.05) is 13.6 Å². The number of ketones is 1. The first-order valence-corrected chi connectivity index (χ1v) is 5.12. The number of Topliss-reactive ketones (excluding diaryl/α,β-unsaturated/α-hetero) is 1. The zero-order chi connectivity index (χ0) is 12.7. The van der Waals surface area contributed by atoms with Crippen LogP contribution in [0.15, 0.2) is 0 Å². The second-order valence-corrected chi connectivity index (χ2v) is 5.25. The molecular weight excluding hydrogens is 221 g/mol. The zero-order valence-corrected chi connectivity index (χ0v) is 9.85. The molecule has 6 heteroatoms. The summed E-state index contributed by atoms with van der Waals surface area (Å²) < 4.78 is 38.1. The van der Waals surface area contributed by atoms with E-state index in [2.05, 4.69) is 5.43 Å². The Morgan fingerprint density at radius 1 is 1.31 bits per heavy atom. The molecule has 3 nitrogen and oxygen atoms in total. The number of rotatable bonds is 1. The second-order valence-electron chi connectivity index (χ2n) is 5.25. The van der Waals surface area contributed by atoms with Crippen LogP contribution in [0.5, 0.6) is 0 Å². The predicted octanol–water partition coefficient (Wildman–Crippen LogP) is 1.60. The Balaban J connectivity index is 2.91. The first-order chi connectivity index (χ1) is 7.03. The number of nitrogens with zero attached hydrogens (tertiary/aromatic N) is 1. The Hall–Kier alpha value is -0.620. The zero-order valence-electron chi connectivity index (χ0n) is 9.85. The van der Waals surface area contributed by atoms with E-state index in [0.717, 1.165) is 0 Å². The van der Waals surface area contributed by atoms with Gasteiger partial charge in [-0.15, -0.1) is 0 Å². The molecule has 1 aliphatic rings. The van der Waals surface area contributed by atoms with E-state index in [0.29, 0.717) is 0 Å². The molecule has 0 spiro atoms. The fourth-order valence-corrected chi connectivity index (χ4v) is 1.87. The van der Waals surface area contributed by atoms with Gasteiger partial charge in [0.15, 0.2) is 0 Å². The molecular formula is C10H17F3N2O. The van der Waals surface area contributed by atoms with Crippen LogP contribution in [0.25, 0.3) is 0 Å². The van der Waals surface area contributed by atoms with Crippen molar-refractivity contribution in [2.24, 2.45) is 11.3 Å². The maximum absolute atomic E-state index is 12.7. The first-order valence-electron chi connectivity index (χ1n) is 5.12. The van der Waals surface area contributed by atoms with Gasteiger partial charge in [0.05, 0.1) is 5.92 Å². The standard InChI is InChI=1S/C10H17F3N2O/c1-9(2,3)8(16)6-5-15(4)14-7(6)10(11,12)13/h6-7,14H,5H2,1-4H3. The van der Waals surface area contributed by atoms with Crippen LogP contribution in [-0.4, -0.2) is 36.6 Å². The highest BCUT2D eigenvalue weighted by Gasteiger charge is 2.53. The Bertz CT molecular complexity index is 283. The molecule has 0 aromatic rings. The SMILES string of the molecule is CN1CC(C(=O)C(C)(C)C)C(C(F)(F)F)N1. The molecule has 0 aromatic carbocycles. The summed E-state index contributed by atoms with van der Waals surface area (Å²) in [6.07, 6.45) is -4.39. The highest BCUT2D eigenvalue weighted by molar-refractivity contribution is 5.87. The molecule has 0 radical (unpaired) electrons. The van der Waals surface area contributed by atoms with Crippen molar-refractivity contribution in [1.29, 1.82) is 0 Å². The maximum atomic E-state index is 12.7.